The summed E-state index contributed by atoms with van der Waals surface area (Å²) in [4.78, 5) is 26.7. The Morgan fingerprint density at radius 1 is 1.04 bits per heavy atom. The van der Waals surface area contributed by atoms with E-state index in [1.54, 1.807) is 24.3 Å². The summed E-state index contributed by atoms with van der Waals surface area (Å²) in [5, 5.41) is 3.96. The first-order valence-corrected chi connectivity index (χ1v) is 7.50. The molecule has 0 aliphatic rings. The van der Waals surface area contributed by atoms with Gasteiger partial charge in [-0.15, -0.1) is 0 Å². The Balaban J connectivity index is 1.69. The summed E-state index contributed by atoms with van der Waals surface area (Å²) in [5.74, 6) is -0.0647. The molecule has 0 spiro atoms. The van der Waals surface area contributed by atoms with Crippen LogP contribution in [0.15, 0.2) is 48.5 Å². The summed E-state index contributed by atoms with van der Waals surface area (Å²) in [6.45, 7) is 3.53. The van der Waals surface area contributed by atoms with E-state index in [1.807, 2.05) is 25.1 Å². The molecule has 1 heterocycles. The molecule has 0 aliphatic heterocycles. The highest BCUT2D eigenvalue weighted by molar-refractivity contribution is 5.96. The van der Waals surface area contributed by atoms with Crippen LogP contribution in [0.1, 0.15) is 28.5 Å². The second-order valence-electron chi connectivity index (χ2n) is 5.73. The molecule has 23 heavy (non-hydrogen) atoms. The minimum absolute atomic E-state index is 0.0120. The largest absolute Gasteiger partial charge is 0.359 e. The van der Waals surface area contributed by atoms with Gasteiger partial charge in [-0.3, -0.25) is 9.59 Å². The monoisotopic (exact) mass is 306 g/mol. The summed E-state index contributed by atoms with van der Waals surface area (Å²) >= 11 is 0. The van der Waals surface area contributed by atoms with E-state index in [0.29, 0.717) is 17.7 Å². The highest BCUT2D eigenvalue weighted by atomic mass is 16.1. The smallest absolute Gasteiger partial charge is 0.228 e. The maximum atomic E-state index is 12.2. The van der Waals surface area contributed by atoms with Crippen molar-refractivity contribution in [3.8, 4) is 0 Å². The number of nitrogens with one attached hydrogen (secondary N) is 2. The second-order valence-corrected chi connectivity index (χ2v) is 5.73. The van der Waals surface area contributed by atoms with Gasteiger partial charge in [0.05, 0.1) is 6.42 Å². The summed E-state index contributed by atoms with van der Waals surface area (Å²) in [6.07, 6.45) is 0.314. The molecule has 1 aromatic heterocycles. The number of fused-ring (bicyclic) bond motifs is 1. The van der Waals surface area contributed by atoms with Crippen LogP contribution in [-0.4, -0.2) is 16.7 Å². The number of rotatable bonds is 4. The van der Waals surface area contributed by atoms with E-state index in [1.165, 1.54) is 6.92 Å². The van der Waals surface area contributed by atoms with Crippen LogP contribution in [0.3, 0.4) is 0 Å². The molecule has 0 aliphatic carbocycles. The number of anilines is 1. The minimum atomic E-state index is -0.0767. The number of aromatic nitrogens is 1. The average Bonchev–Trinajstić information content (AvgIpc) is 2.87. The molecular formula is C19H18N2O2. The molecular weight excluding hydrogens is 288 g/mol. The van der Waals surface area contributed by atoms with Gasteiger partial charge in [0.15, 0.2) is 5.78 Å². The highest BCUT2D eigenvalue weighted by Crippen LogP contribution is 2.18. The Kier molecular flexibility index (Phi) is 3.98. The van der Waals surface area contributed by atoms with Gasteiger partial charge >= 0.3 is 0 Å². The van der Waals surface area contributed by atoms with Crippen LogP contribution in [0.4, 0.5) is 5.69 Å². The van der Waals surface area contributed by atoms with E-state index < -0.39 is 0 Å². The van der Waals surface area contributed by atoms with E-state index in [4.69, 9.17) is 0 Å². The van der Waals surface area contributed by atoms with Crippen LogP contribution in [0, 0.1) is 6.92 Å². The van der Waals surface area contributed by atoms with Gasteiger partial charge in [-0.25, -0.2) is 0 Å². The Morgan fingerprint density at radius 3 is 2.48 bits per heavy atom. The van der Waals surface area contributed by atoms with Crippen molar-refractivity contribution in [1.82, 2.24) is 4.98 Å². The predicted octanol–water partition coefficient (Wildman–Crippen LogP) is 3.86. The average molecular weight is 306 g/mol. The standard InChI is InChI=1S/C19H18N2O2/c1-12-9-16-10-14(3-8-18(16)20-12)11-19(23)21-17-6-4-15(5-7-17)13(2)22/h3-10,20H,11H2,1-2H3,(H,21,23). The fourth-order valence-electron chi connectivity index (χ4n) is 2.62. The number of benzene rings is 2. The maximum Gasteiger partial charge on any atom is 0.228 e. The van der Waals surface area contributed by atoms with Crippen LogP contribution < -0.4 is 5.32 Å². The molecule has 0 saturated heterocycles. The van der Waals surface area contributed by atoms with Crippen molar-refractivity contribution in [2.45, 2.75) is 20.3 Å². The zero-order chi connectivity index (χ0) is 16.4. The Bertz CT molecular complexity index is 876. The molecule has 3 aromatic rings. The van der Waals surface area contributed by atoms with Crippen LogP contribution >= 0.6 is 0 Å². The lowest BCUT2D eigenvalue weighted by atomic mass is 10.1. The van der Waals surface area contributed by atoms with E-state index in [9.17, 15) is 9.59 Å². The third-order valence-electron chi connectivity index (χ3n) is 3.76. The second kappa shape index (κ2) is 6.08. The Morgan fingerprint density at radius 2 is 1.78 bits per heavy atom. The van der Waals surface area contributed by atoms with E-state index >= 15 is 0 Å². The molecule has 3 rings (SSSR count). The zero-order valence-corrected chi connectivity index (χ0v) is 13.1. The van der Waals surface area contributed by atoms with E-state index in [0.717, 1.165) is 22.2 Å². The lowest BCUT2D eigenvalue weighted by Gasteiger charge is -2.06. The third kappa shape index (κ3) is 3.48. The predicted molar refractivity (Wildman–Crippen MR) is 91.8 cm³/mol. The molecule has 0 radical (unpaired) electrons. The van der Waals surface area contributed by atoms with Crippen molar-refractivity contribution < 1.29 is 9.59 Å². The molecule has 116 valence electrons. The molecule has 0 atom stereocenters. The number of aromatic amines is 1. The SMILES string of the molecule is CC(=O)c1ccc(NC(=O)Cc2ccc3[nH]c(C)cc3c2)cc1. The van der Waals surface area contributed by atoms with Gasteiger partial charge in [-0.05, 0) is 67.3 Å². The van der Waals surface area contributed by atoms with Gasteiger partial charge in [0.25, 0.3) is 0 Å². The summed E-state index contributed by atoms with van der Waals surface area (Å²) in [7, 11) is 0. The van der Waals surface area contributed by atoms with E-state index in [2.05, 4.69) is 16.4 Å². The van der Waals surface area contributed by atoms with Crippen molar-refractivity contribution in [3.05, 3.63) is 65.4 Å². The first kappa shape index (κ1) is 15.0. The summed E-state index contributed by atoms with van der Waals surface area (Å²) in [5.41, 5.74) is 4.47. The number of carbonyl (C=O) groups is 2. The quantitative estimate of drug-likeness (QED) is 0.719. The number of carbonyl (C=O) groups excluding carboxylic acids is 2. The number of ketones is 1. The summed E-state index contributed by atoms with van der Waals surface area (Å²) in [6, 6.07) is 15.0. The fourth-order valence-corrected chi connectivity index (χ4v) is 2.62. The number of aryl methyl sites for hydroxylation is 1. The number of H-pyrrole nitrogens is 1. The molecule has 2 N–H and O–H groups in total. The lowest BCUT2D eigenvalue weighted by molar-refractivity contribution is -0.115. The van der Waals surface area contributed by atoms with Crippen LogP contribution in [0.5, 0.6) is 0 Å². The molecule has 4 heteroatoms. The van der Waals surface area contributed by atoms with E-state index in [-0.39, 0.29) is 11.7 Å². The van der Waals surface area contributed by atoms with Crippen LogP contribution in [0.25, 0.3) is 10.9 Å². The Labute approximate surface area is 134 Å². The third-order valence-corrected chi connectivity index (χ3v) is 3.76. The van der Waals surface area contributed by atoms with Crippen LogP contribution in [-0.2, 0) is 11.2 Å². The van der Waals surface area contributed by atoms with Crippen molar-refractivity contribution in [2.24, 2.45) is 0 Å². The van der Waals surface area contributed by atoms with Crippen LogP contribution in [0.2, 0.25) is 0 Å². The molecule has 0 fully saturated rings. The first-order chi connectivity index (χ1) is 11.0. The summed E-state index contributed by atoms with van der Waals surface area (Å²) < 4.78 is 0. The molecule has 4 nitrogen and oxygen atoms in total. The molecule has 2 aromatic carbocycles. The van der Waals surface area contributed by atoms with Crippen molar-refractivity contribution in [3.63, 3.8) is 0 Å². The molecule has 0 saturated carbocycles. The van der Waals surface area contributed by atoms with Gasteiger partial charge in [0, 0.05) is 22.5 Å². The first-order valence-electron chi connectivity index (χ1n) is 7.50. The van der Waals surface area contributed by atoms with Gasteiger partial charge in [-0.1, -0.05) is 6.07 Å². The fraction of sp³-hybridized carbons (Fsp3) is 0.158. The topological polar surface area (TPSA) is 62.0 Å². The molecule has 0 unspecified atom stereocenters. The number of amides is 1. The molecule has 1 amide bonds. The molecule has 0 bridgehead atoms. The van der Waals surface area contributed by atoms with Gasteiger partial charge in [0.2, 0.25) is 5.91 Å². The lowest BCUT2D eigenvalue weighted by Crippen LogP contribution is -2.14. The minimum Gasteiger partial charge on any atom is -0.359 e. The highest BCUT2D eigenvalue weighted by Gasteiger charge is 2.07. The van der Waals surface area contributed by atoms with Gasteiger partial charge in [0.1, 0.15) is 0 Å². The Hall–Kier alpha value is -2.88. The normalized spacial score (nSPS) is 10.7. The van der Waals surface area contributed by atoms with Gasteiger partial charge in [-0.2, -0.15) is 0 Å². The number of hydrogen-bond donors (Lipinski definition) is 2. The van der Waals surface area contributed by atoms with Crippen molar-refractivity contribution >= 4 is 28.3 Å². The number of hydrogen-bond acceptors (Lipinski definition) is 2. The van der Waals surface area contributed by atoms with Gasteiger partial charge < -0.3 is 10.3 Å². The maximum absolute atomic E-state index is 12.2. The zero-order valence-electron chi connectivity index (χ0n) is 13.1. The van der Waals surface area contributed by atoms with Crippen molar-refractivity contribution in [1.29, 1.82) is 0 Å². The van der Waals surface area contributed by atoms with Crippen molar-refractivity contribution in [2.75, 3.05) is 5.32 Å². The number of Topliss-reactive ketones (excluding diaryl/α,β-unsaturated/α-hetero) is 1.